The SMILES string of the molecule is COC(=O)COc1ccc(C)c2c1c1c(C(N)=O)cccc1n2Cc1ccccc1. The van der Waals surface area contributed by atoms with Crippen LogP contribution in [0.3, 0.4) is 0 Å². The maximum Gasteiger partial charge on any atom is 0.343 e. The highest BCUT2D eigenvalue weighted by molar-refractivity contribution is 6.20. The van der Waals surface area contributed by atoms with E-state index in [-0.39, 0.29) is 6.61 Å². The summed E-state index contributed by atoms with van der Waals surface area (Å²) in [4.78, 5) is 23.9. The van der Waals surface area contributed by atoms with E-state index in [9.17, 15) is 9.59 Å². The van der Waals surface area contributed by atoms with Gasteiger partial charge in [0.05, 0.1) is 23.5 Å². The largest absolute Gasteiger partial charge is 0.481 e. The standard InChI is InChI=1S/C24H22N2O4/c1-15-11-12-19(30-14-20(27)29-2)22-21-17(24(25)28)9-6-10-18(21)26(23(15)22)13-16-7-4-3-5-8-16/h3-12H,13-14H2,1-2H3,(H2,25,28). The van der Waals surface area contributed by atoms with Crippen molar-refractivity contribution in [2.24, 2.45) is 5.73 Å². The van der Waals surface area contributed by atoms with Gasteiger partial charge in [-0.25, -0.2) is 4.79 Å². The van der Waals surface area contributed by atoms with Crippen LogP contribution in [0.15, 0.2) is 60.7 Å². The Bertz CT molecular complexity index is 1260. The number of aryl methyl sites for hydroxylation is 1. The molecule has 30 heavy (non-hydrogen) atoms. The third-order valence-electron chi connectivity index (χ3n) is 5.22. The quantitative estimate of drug-likeness (QED) is 0.497. The Hall–Kier alpha value is -3.80. The summed E-state index contributed by atoms with van der Waals surface area (Å²) in [5, 5.41) is 1.48. The number of benzene rings is 3. The molecule has 152 valence electrons. The van der Waals surface area contributed by atoms with Gasteiger partial charge in [0.1, 0.15) is 5.75 Å². The molecule has 0 saturated heterocycles. The minimum Gasteiger partial charge on any atom is -0.481 e. The molecule has 0 bridgehead atoms. The van der Waals surface area contributed by atoms with Crippen molar-refractivity contribution in [3.8, 4) is 5.75 Å². The monoisotopic (exact) mass is 402 g/mol. The number of nitrogens with two attached hydrogens (primary N) is 1. The topological polar surface area (TPSA) is 83.6 Å². The van der Waals surface area contributed by atoms with E-state index in [0.29, 0.717) is 17.9 Å². The van der Waals surface area contributed by atoms with Crippen LogP contribution in [0.2, 0.25) is 0 Å². The number of fused-ring (bicyclic) bond motifs is 3. The van der Waals surface area contributed by atoms with Gasteiger partial charge in [0.15, 0.2) is 6.61 Å². The Kier molecular flexibility index (Phi) is 5.14. The molecule has 6 heteroatoms. The fraction of sp³-hybridized carbons (Fsp3) is 0.167. The van der Waals surface area contributed by atoms with Crippen molar-refractivity contribution in [3.63, 3.8) is 0 Å². The molecule has 0 aliphatic rings. The second kappa shape index (κ2) is 7.91. The molecule has 4 aromatic rings. The summed E-state index contributed by atoms with van der Waals surface area (Å²) >= 11 is 0. The Balaban J connectivity index is 2.04. The highest BCUT2D eigenvalue weighted by atomic mass is 16.6. The van der Waals surface area contributed by atoms with Gasteiger partial charge >= 0.3 is 5.97 Å². The summed E-state index contributed by atoms with van der Waals surface area (Å²) in [5.74, 6) is -0.488. The number of ether oxygens (including phenoxy) is 2. The van der Waals surface area contributed by atoms with Crippen LogP contribution in [0, 0.1) is 6.92 Å². The summed E-state index contributed by atoms with van der Waals surface area (Å²) in [7, 11) is 1.31. The molecule has 0 fully saturated rings. The second-order valence-electron chi connectivity index (χ2n) is 7.10. The van der Waals surface area contributed by atoms with Gasteiger partial charge in [-0.3, -0.25) is 4.79 Å². The van der Waals surface area contributed by atoms with Crippen LogP contribution in [0.4, 0.5) is 0 Å². The van der Waals surface area contributed by atoms with Gasteiger partial charge in [0, 0.05) is 17.5 Å². The molecule has 1 amide bonds. The van der Waals surface area contributed by atoms with Crippen molar-refractivity contribution >= 4 is 33.7 Å². The van der Waals surface area contributed by atoms with Crippen LogP contribution in [0.5, 0.6) is 5.75 Å². The summed E-state index contributed by atoms with van der Waals surface area (Å²) in [5.41, 5.74) is 10.1. The average molecular weight is 402 g/mol. The number of hydrogen-bond acceptors (Lipinski definition) is 4. The first-order valence-electron chi connectivity index (χ1n) is 9.59. The van der Waals surface area contributed by atoms with Gasteiger partial charge in [-0.15, -0.1) is 0 Å². The smallest absolute Gasteiger partial charge is 0.343 e. The number of hydrogen-bond donors (Lipinski definition) is 1. The lowest BCUT2D eigenvalue weighted by Gasteiger charge is -2.11. The highest BCUT2D eigenvalue weighted by Crippen LogP contribution is 2.39. The Morgan fingerprint density at radius 1 is 0.967 bits per heavy atom. The number of primary amides is 1. The first-order chi connectivity index (χ1) is 14.5. The number of amides is 1. The molecule has 0 unspecified atom stereocenters. The molecule has 0 aliphatic heterocycles. The molecule has 1 aromatic heterocycles. The van der Waals surface area contributed by atoms with Crippen LogP contribution in [-0.4, -0.2) is 30.2 Å². The number of aromatic nitrogens is 1. The zero-order chi connectivity index (χ0) is 21.3. The number of carbonyl (C=O) groups excluding carboxylic acids is 2. The van der Waals surface area contributed by atoms with Crippen LogP contribution in [-0.2, 0) is 16.1 Å². The van der Waals surface area contributed by atoms with E-state index in [1.54, 1.807) is 6.07 Å². The third-order valence-corrected chi connectivity index (χ3v) is 5.22. The summed E-state index contributed by atoms with van der Waals surface area (Å²) < 4.78 is 12.7. The molecule has 3 aromatic carbocycles. The van der Waals surface area contributed by atoms with Crippen LogP contribution in [0.1, 0.15) is 21.5 Å². The molecule has 2 N–H and O–H groups in total. The van der Waals surface area contributed by atoms with E-state index in [1.165, 1.54) is 7.11 Å². The van der Waals surface area contributed by atoms with Gasteiger partial charge in [0.25, 0.3) is 0 Å². The van der Waals surface area contributed by atoms with E-state index in [0.717, 1.165) is 32.9 Å². The van der Waals surface area contributed by atoms with E-state index >= 15 is 0 Å². The lowest BCUT2D eigenvalue weighted by molar-refractivity contribution is -0.142. The Morgan fingerprint density at radius 3 is 2.43 bits per heavy atom. The fourth-order valence-corrected chi connectivity index (χ4v) is 3.87. The lowest BCUT2D eigenvalue weighted by atomic mass is 10.0. The minimum absolute atomic E-state index is 0.223. The summed E-state index contributed by atoms with van der Waals surface area (Å²) in [6.07, 6.45) is 0. The van der Waals surface area contributed by atoms with Crippen molar-refractivity contribution < 1.29 is 19.1 Å². The molecule has 0 spiro atoms. The number of nitrogens with zero attached hydrogens (tertiary/aromatic N) is 1. The average Bonchev–Trinajstić information content (AvgIpc) is 3.09. The van der Waals surface area contributed by atoms with Gasteiger partial charge in [-0.1, -0.05) is 42.5 Å². The molecule has 0 atom stereocenters. The molecule has 0 saturated carbocycles. The zero-order valence-corrected chi connectivity index (χ0v) is 16.8. The van der Waals surface area contributed by atoms with E-state index in [4.69, 9.17) is 15.2 Å². The molecular formula is C24H22N2O4. The fourth-order valence-electron chi connectivity index (χ4n) is 3.87. The summed E-state index contributed by atoms with van der Waals surface area (Å²) in [6.45, 7) is 2.40. The third kappa shape index (κ3) is 3.37. The van der Waals surface area contributed by atoms with Crippen molar-refractivity contribution in [1.29, 1.82) is 0 Å². The maximum atomic E-state index is 12.2. The predicted octanol–water partition coefficient (Wildman–Crippen LogP) is 3.80. The van der Waals surface area contributed by atoms with Gasteiger partial charge in [-0.2, -0.15) is 0 Å². The second-order valence-corrected chi connectivity index (χ2v) is 7.10. The van der Waals surface area contributed by atoms with Crippen LogP contribution in [0.25, 0.3) is 21.8 Å². The number of carbonyl (C=O) groups is 2. The number of esters is 1. The van der Waals surface area contributed by atoms with Crippen molar-refractivity contribution in [2.45, 2.75) is 13.5 Å². The summed E-state index contributed by atoms with van der Waals surface area (Å²) in [6, 6.07) is 19.3. The van der Waals surface area contributed by atoms with Crippen molar-refractivity contribution in [3.05, 3.63) is 77.4 Å². The van der Waals surface area contributed by atoms with Crippen LogP contribution >= 0.6 is 0 Å². The number of methoxy groups -OCH3 is 1. The molecule has 1 heterocycles. The van der Waals surface area contributed by atoms with Crippen molar-refractivity contribution in [1.82, 2.24) is 4.57 Å². The van der Waals surface area contributed by atoms with Gasteiger partial charge in [0.2, 0.25) is 5.91 Å². The Labute approximate surface area is 173 Å². The van der Waals surface area contributed by atoms with E-state index < -0.39 is 11.9 Å². The molecular weight excluding hydrogens is 380 g/mol. The van der Waals surface area contributed by atoms with E-state index in [2.05, 4.69) is 16.7 Å². The van der Waals surface area contributed by atoms with Crippen molar-refractivity contribution in [2.75, 3.05) is 13.7 Å². The highest BCUT2D eigenvalue weighted by Gasteiger charge is 2.21. The van der Waals surface area contributed by atoms with E-state index in [1.807, 2.05) is 49.4 Å². The van der Waals surface area contributed by atoms with Gasteiger partial charge < -0.3 is 19.8 Å². The molecule has 0 radical (unpaired) electrons. The van der Waals surface area contributed by atoms with Crippen LogP contribution < -0.4 is 10.5 Å². The first kappa shape index (κ1) is 19.5. The zero-order valence-electron chi connectivity index (χ0n) is 16.8. The minimum atomic E-state index is -0.514. The van der Waals surface area contributed by atoms with Gasteiger partial charge in [-0.05, 0) is 36.2 Å². The first-order valence-corrected chi connectivity index (χ1v) is 9.59. The predicted molar refractivity (Wildman–Crippen MR) is 116 cm³/mol. The molecule has 0 aliphatic carbocycles. The Morgan fingerprint density at radius 2 is 1.73 bits per heavy atom. The normalized spacial score (nSPS) is 11.0. The lowest BCUT2D eigenvalue weighted by Crippen LogP contribution is -2.13. The molecule has 4 rings (SSSR count). The number of rotatable bonds is 6. The molecule has 6 nitrogen and oxygen atoms in total. The maximum absolute atomic E-state index is 12.2.